The lowest BCUT2D eigenvalue weighted by Gasteiger charge is -2.35. The number of fused-ring (bicyclic) bond motifs is 1. The molecule has 0 spiro atoms. The summed E-state index contributed by atoms with van der Waals surface area (Å²) >= 11 is 0. The standard InChI is InChI=1S/C25H31N5O2/c1-3-24(31)29-11-8-18(9-12-29)22-15-23(30-13-14-32-16-17(30)2)28-25(27-22)20-7-10-26-21-6-4-5-19(20)21/h4-5,7,10,15,17-18H,3,6,8-9,11-14,16H2,1-2H3/t17-/m1/s1. The van der Waals surface area contributed by atoms with Gasteiger partial charge in [0.1, 0.15) is 5.82 Å². The third kappa shape index (κ3) is 4.01. The van der Waals surface area contributed by atoms with Crippen LogP contribution in [0.5, 0.6) is 0 Å². The second-order valence-corrected chi connectivity index (χ2v) is 8.93. The summed E-state index contributed by atoms with van der Waals surface area (Å²) in [5, 5.41) is 0. The van der Waals surface area contributed by atoms with Gasteiger partial charge in [-0.1, -0.05) is 19.1 Å². The van der Waals surface area contributed by atoms with E-state index in [1.165, 1.54) is 0 Å². The number of ether oxygens (including phenoxy) is 1. The predicted octanol–water partition coefficient (Wildman–Crippen LogP) is 3.45. The Hall–Kier alpha value is -2.80. The van der Waals surface area contributed by atoms with Crippen molar-refractivity contribution < 1.29 is 9.53 Å². The number of morpholine rings is 1. The van der Waals surface area contributed by atoms with Crippen LogP contribution in [0.1, 0.15) is 56.0 Å². The summed E-state index contributed by atoms with van der Waals surface area (Å²) in [6.07, 6.45) is 9.46. The number of hydrogen-bond donors (Lipinski definition) is 0. The molecule has 0 saturated carbocycles. The number of hydrogen-bond acceptors (Lipinski definition) is 6. The molecule has 1 aliphatic carbocycles. The molecule has 2 fully saturated rings. The molecule has 32 heavy (non-hydrogen) atoms. The topological polar surface area (TPSA) is 71.5 Å². The molecule has 7 heteroatoms. The minimum atomic E-state index is 0.244. The molecule has 1 amide bonds. The van der Waals surface area contributed by atoms with E-state index in [2.05, 4.69) is 35.0 Å². The first kappa shape index (κ1) is 21.1. The van der Waals surface area contributed by atoms with Crippen molar-refractivity contribution in [2.24, 2.45) is 0 Å². The molecule has 2 aromatic heterocycles. The maximum absolute atomic E-state index is 12.1. The van der Waals surface area contributed by atoms with Crippen LogP contribution in [0.15, 0.2) is 24.4 Å². The van der Waals surface area contributed by atoms with Crippen molar-refractivity contribution in [2.75, 3.05) is 37.7 Å². The minimum Gasteiger partial charge on any atom is -0.377 e. The van der Waals surface area contributed by atoms with Crippen molar-refractivity contribution in [3.63, 3.8) is 0 Å². The SMILES string of the molecule is CCC(=O)N1CCC(c2cc(N3CCOC[C@H]3C)nc(-c3ccnc4c3C=CC4)n2)CC1. The summed E-state index contributed by atoms with van der Waals surface area (Å²) in [5.41, 5.74) is 4.35. The molecule has 4 heterocycles. The smallest absolute Gasteiger partial charge is 0.222 e. The number of likely N-dealkylation sites (tertiary alicyclic amines) is 1. The first-order chi connectivity index (χ1) is 15.6. The van der Waals surface area contributed by atoms with Gasteiger partial charge in [0.2, 0.25) is 5.91 Å². The molecule has 2 aromatic rings. The van der Waals surface area contributed by atoms with Crippen molar-refractivity contribution in [1.29, 1.82) is 0 Å². The number of carbonyl (C=O) groups is 1. The highest BCUT2D eigenvalue weighted by atomic mass is 16.5. The summed E-state index contributed by atoms with van der Waals surface area (Å²) in [6.45, 7) is 7.96. The molecule has 0 N–H and O–H groups in total. The zero-order valence-corrected chi connectivity index (χ0v) is 19.0. The number of amides is 1. The van der Waals surface area contributed by atoms with E-state index < -0.39 is 0 Å². The van der Waals surface area contributed by atoms with E-state index in [1.807, 2.05) is 24.1 Å². The highest BCUT2D eigenvalue weighted by Gasteiger charge is 2.28. The van der Waals surface area contributed by atoms with Gasteiger partial charge >= 0.3 is 0 Å². The average Bonchev–Trinajstić information content (AvgIpc) is 3.33. The molecule has 0 aromatic carbocycles. The van der Waals surface area contributed by atoms with Crippen LogP contribution in [0.3, 0.4) is 0 Å². The second kappa shape index (κ2) is 8.98. The van der Waals surface area contributed by atoms with E-state index in [4.69, 9.17) is 14.7 Å². The molecular weight excluding hydrogens is 402 g/mol. The van der Waals surface area contributed by atoms with E-state index in [0.717, 1.165) is 73.1 Å². The van der Waals surface area contributed by atoms with Crippen molar-refractivity contribution >= 4 is 17.8 Å². The lowest BCUT2D eigenvalue weighted by molar-refractivity contribution is -0.131. The number of nitrogens with zero attached hydrogens (tertiary/aromatic N) is 5. The minimum absolute atomic E-state index is 0.244. The van der Waals surface area contributed by atoms with Crippen LogP contribution in [0, 0.1) is 0 Å². The summed E-state index contributed by atoms with van der Waals surface area (Å²) in [6, 6.07) is 4.47. The summed E-state index contributed by atoms with van der Waals surface area (Å²) in [7, 11) is 0. The third-order valence-electron chi connectivity index (χ3n) is 6.87. The summed E-state index contributed by atoms with van der Waals surface area (Å²) in [5.74, 6) is 2.32. The van der Waals surface area contributed by atoms with Crippen LogP contribution in [0.2, 0.25) is 0 Å². The lowest BCUT2D eigenvalue weighted by atomic mass is 9.92. The highest BCUT2D eigenvalue weighted by Crippen LogP contribution is 2.34. The Morgan fingerprint density at radius 1 is 1.22 bits per heavy atom. The fraction of sp³-hybridized carbons (Fsp3) is 0.520. The van der Waals surface area contributed by atoms with Crippen molar-refractivity contribution in [2.45, 2.75) is 51.5 Å². The second-order valence-electron chi connectivity index (χ2n) is 8.93. The Morgan fingerprint density at radius 3 is 2.84 bits per heavy atom. The van der Waals surface area contributed by atoms with Gasteiger partial charge in [-0.2, -0.15) is 0 Å². The summed E-state index contributed by atoms with van der Waals surface area (Å²) in [4.78, 5) is 31.1. The molecule has 0 unspecified atom stereocenters. The first-order valence-electron chi connectivity index (χ1n) is 11.8. The number of aromatic nitrogens is 3. The van der Waals surface area contributed by atoms with Crippen LogP contribution in [0.25, 0.3) is 17.5 Å². The largest absolute Gasteiger partial charge is 0.377 e. The van der Waals surface area contributed by atoms with E-state index in [1.54, 1.807) is 0 Å². The zero-order valence-electron chi connectivity index (χ0n) is 19.0. The quantitative estimate of drug-likeness (QED) is 0.736. The number of rotatable bonds is 4. The fourth-order valence-electron chi connectivity index (χ4n) is 4.99. The van der Waals surface area contributed by atoms with E-state index >= 15 is 0 Å². The molecule has 5 rings (SSSR count). The third-order valence-corrected chi connectivity index (χ3v) is 6.87. The van der Waals surface area contributed by atoms with Crippen molar-refractivity contribution in [3.05, 3.63) is 41.4 Å². The Kier molecular flexibility index (Phi) is 5.91. The van der Waals surface area contributed by atoms with Gasteiger partial charge in [0.25, 0.3) is 0 Å². The van der Waals surface area contributed by atoms with E-state index in [9.17, 15) is 4.79 Å². The Morgan fingerprint density at radius 2 is 2.06 bits per heavy atom. The number of pyridine rings is 1. The van der Waals surface area contributed by atoms with Crippen LogP contribution >= 0.6 is 0 Å². The van der Waals surface area contributed by atoms with E-state index in [0.29, 0.717) is 25.6 Å². The molecule has 168 valence electrons. The number of allylic oxidation sites excluding steroid dienone is 1. The normalized spacial score (nSPS) is 21.1. The number of piperidine rings is 1. The van der Waals surface area contributed by atoms with Gasteiger partial charge in [-0.05, 0) is 25.8 Å². The van der Waals surface area contributed by atoms with Gasteiger partial charge in [0.05, 0.1) is 24.9 Å². The Labute approximate surface area is 189 Å². The van der Waals surface area contributed by atoms with Crippen LogP contribution in [-0.4, -0.2) is 64.6 Å². The zero-order chi connectivity index (χ0) is 22.1. The Balaban J connectivity index is 1.52. The Bertz CT molecular complexity index is 1030. The molecule has 0 bridgehead atoms. The maximum atomic E-state index is 12.1. The monoisotopic (exact) mass is 433 g/mol. The van der Waals surface area contributed by atoms with E-state index in [-0.39, 0.29) is 11.9 Å². The van der Waals surface area contributed by atoms with Gasteiger partial charge in [0.15, 0.2) is 5.82 Å². The average molecular weight is 434 g/mol. The van der Waals surface area contributed by atoms with Gasteiger partial charge < -0.3 is 14.5 Å². The number of carbonyl (C=O) groups excluding carboxylic acids is 1. The molecule has 7 nitrogen and oxygen atoms in total. The van der Waals surface area contributed by atoms with Crippen LogP contribution < -0.4 is 4.90 Å². The van der Waals surface area contributed by atoms with Gasteiger partial charge in [-0.3, -0.25) is 9.78 Å². The van der Waals surface area contributed by atoms with Crippen molar-refractivity contribution in [3.8, 4) is 11.4 Å². The first-order valence-corrected chi connectivity index (χ1v) is 11.8. The molecular formula is C25H31N5O2. The van der Waals surface area contributed by atoms with Crippen LogP contribution in [-0.2, 0) is 16.0 Å². The molecule has 1 atom stereocenters. The van der Waals surface area contributed by atoms with Gasteiger partial charge in [-0.25, -0.2) is 9.97 Å². The van der Waals surface area contributed by atoms with Crippen molar-refractivity contribution in [1.82, 2.24) is 19.9 Å². The fourth-order valence-corrected chi connectivity index (χ4v) is 4.99. The summed E-state index contributed by atoms with van der Waals surface area (Å²) < 4.78 is 5.66. The maximum Gasteiger partial charge on any atom is 0.222 e. The molecule has 2 saturated heterocycles. The highest BCUT2D eigenvalue weighted by molar-refractivity contribution is 5.76. The van der Waals surface area contributed by atoms with Gasteiger partial charge in [-0.15, -0.1) is 0 Å². The van der Waals surface area contributed by atoms with Gasteiger partial charge in [0, 0.05) is 67.5 Å². The molecule has 3 aliphatic rings. The lowest BCUT2D eigenvalue weighted by Crippen LogP contribution is -2.44. The molecule has 0 radical (unpaired) electrons. The number of anilines is 1. The predicted molar refractivity (Wildman–Crippen MR) is 124 cm³/mol. The van der Waals surface area contributed by atoms with Crippen LogP contribution in [0.4, 0.5) is 5.82 Å². The molecule has 2 aliphatic heterocycles.